The quantitative estimate of drug-likeness (QED) is 0.118. The fraction of sp³-hybridized carbons (Fsp3) is 0.357. The molecule has 1 fully saturated rings. The summed E-state index contributed by atoms with van der Waals surface area (Å²) in [4.78, 5) is 45.3. The molecule has 2 unspecified atom stereocenters. The van der Waals surface area contributed by atoms with E-state index < -0.39 is 40.3 Å². The first-order chi connectivity index (χ1) is 15.1. The summed E-state index contributed by atoms with van der Waals surface area (Å²) < 4.78 is 38.2. The second-order valence-electron chi connectivity index (χ2n) is 5.98. The number of oxime groups is 1. The predicted molar refractivity (Wildman–Crippen MR) is 105 cm³/mol. The van der Waals surface area contributed by atoms with Crippen molar-refractivity contribution in [2.75, 3.05) is 12.3 Å². The number of aromatic nitrogens is 4. The SMILES string of the molecule is CCOC(=O)c1cnnn1C1C(NC(=O)/C=N/OCc2csc(N)n2)C(=O)N1S(=O)(=O)O. The van der Waals surface area contributed by atoms with E-state index in [9.17, 15) is 27.4 Å². The highest BCUT2D eigenvalue weighted by atomic mass is 32.2. The molecule has 2 aromatic heterocycles. The van der Waals surface area contributed by atoms with Crippen LogP contribution in [0.1, 0.15) is 29.3 Å². The van der Waals surface area contributed by atoms with Crippen molar-refractivity contribution in [1.82, 2.24) is 29.6 Å². The first-order valence-corrected chi connectivity index (χ1v) is 10.9. The standard InChI is InChI=1S/C14H16N8O8S2/c1-2-29-13(25)8-3-16-20-21(8)11-10(12(24)22(11)32(26,27)28)19-9(23)4-17-30-5-7-6-31-14(15)18-7/h3-4,6,10-11H,2,5H2,1H3,(H2,15,18)(H,19,23)(H,26,27,28)/b17-4+. The summed E-state index contributed by atoms with van der Waals surface area (Å²) >= 11 is 1.19. The Morgan fingerprint density at radius 1 is 1.47 bits per heavy atom. The number of hydrogen-bond acceptors (Lipinski definition) is 13. The van der Waals surface area contributed by atoms with Gasteiger partial charge in [-0.1, -0.05) is 10.4 Å². The molecule has 2 aromatic rings. The minimum Gasteiger partial charge on any atom is -0.461 e. The average molecular weight is 488 g/mol. The van der Waals surface area contributed by atoms with Gasteiger partial charge in [0.25, 0.3) is 11.8 Å². The predicted octanol–water partition coefficient (Wildman–Crippen LogP) is -1.68. The van der Waals surface area contributed by atoms with Gasteiger partial charge in [-0.25, -0.2) is 14.5 Å². The molecule has 0 aliphatic carbocycles. The summed E-state index contributed by atoms with van der Waals surface area (Å²) in [7, 11) is -5.05. The summed E-state index contributed by atoms with van der Waals surface area (Å²) in [6, 6.07) is -1.52. The number of nitrogen functional groups attached to an aromatic ring is 1. The molecule has 2 atom stereocenters. The van der Waals surface area contributed by atoms with Crippen LogP contribution in [0.25, 0.3) is 0 Å². The highest BCUT2D eigenvalue weighted by Gasteiger charge is 2.56. The van der Waals surface area contributed by atoms with Crippen LogP contribution in [-0.4, -0.2) is 73.9 Å². The first kappa shape index (κ1) is 23.0. The molecule has 0 bridgehead atoms. The normalized spacial score (nSPS) is 18.4. The van der Waals surface area contributed by atoms with E-state index in [0.717, 1.165) is 10.9 Å². The van der Waals surface area contributed by atoms with Gasteiger partial charge in [0.1, 0.15) is 6.21 Å². The lowest BCUT2D eigenvalue weighted by atomic mass is 10.1. The number of carbonyl (C=O) groups is 3. The van der Waals surface area contributed by atoms with E-state index in [4.69, 9.17) is 15.3 Å². The Morgan fingerprint density at radius 2 is 2.22 bits per heavy atom. The molecule has 2 amide bonds. The number of thiazole rings is 1. The Kier molecular flexibility index (Phi) is 6.65. The van der Waals surface area contributed by atoms with Crippen LogP contribution in [0, 0.1) is 0 Å². The number of carbonyl (C=O) groups excluding carboxylic acids is 3. The number of nitrogens with one attached hydrogen (secondary N) is 1. The van der Waals surface area contributed by atoms with E-state index in [1.807, 2.05) is 0 Å². The summed E-state index contributed by atoms with van der Waals surface area (Å²) in [5.74, 6) is -3.02. The summed E-state index contributed by atoms with van der Waals surface area (Å²) in [6.45, 7) is 1.47. The molecule has 1 aliphatic heterocycles. The first-order valence-electron chi connectivity index (χ1n) is 8.67. The van der Waals surface area contributed by atoms with Crippen LogP contribution in [0.15, 0.2) is 16.7 Å². The average Bonchev–Trinajstić information content (AvgIpc) is 3.35. The molecule has 0 spiro atoms. The molecule has 3 rings (SSSR count). The zero-order valence-corrected chi connectivity index (χ0v) is 17.8. The number of esters is 1. The number of nitrogens with two attached hydrogens (primary N) is 1. The maximum atomic E-state index is 12.3. The molecule has 0 radical (unpaired) electrons. The number of hydrogen-bond donors (Lipinski definition) is 3. The zero-order valence-electron chi connectivity index (χ0n) is 16.2. The lowest BCUT2D eigenvalue weighted by molar-refractivity contribution is -0.149. The van der Waals surface area contributed by atoms with Crippen molar-refractivity contribution in [3.8, 4) is 0 Å². The second kappa shape index (κ2) is 9.24. The van der Waals surface area contributed by atoms with Crippen LogP contribution >= 0.6 is 11.3 Å². The van der Waals surface area contributed by atoms with Gasteiger partial charge < -0.3 is 20.6 Å². The molecular formula is C14H16N8O8S2. The van der Waals surface area contributed by atoms with Crippen LogP contribution in [0.5, 0.6) is 0 Å². The summed E-state index contributed by atoms with van der Waals surface area (Å²) in [5, 5.41) is 14.7. The van der Waals surface area contributed by atoms with Crippen molar-refractivity contribution < 1.29 is 36.9 Å². The van der Waals surface area contributed by atoms with Gasteiger partial charge >= 0.3 is 16.3 Å². The third-order valence-electron chi connectivity index (χ3n) is 3.90. The third-order valence-corrected chi connectivity index (χ3v) is 5.52. The summed E-state index contributed by atoms with van der Waals surface area (Å²) in [5.41, 5.74) is 5.65. The van der Waals surface area contributed by atoms with E-state index in [1.54, 1.807) is 5.38 Å². The van der Waals surface area contributed by atoms with E-state index >= 15 is 0 Å². The molecule has 0 aromatic carbocycles. The molecule has 3 heterocycles. The van der Waals surface area contributed by atoms with Gasteiger partial charge in [0.2, 0.25) is 0 Å². The van der Waals surface area contributed by atoms with Gasteiger partial charge in [-0.05, 0) is 6.92 Å². The highest BCUT2D eigenvalue weighted by Crippen LogP contribution is 2.33. The summed E-state index contributed by atoms with van der Waals surface area (Å²) in [6.07, 6.45) is 0.0576. The van der Waals surface area contributed by atoms with Crippen LogP contribution in [0.3, 0.4) is 0 Å². The largest absolute Gasteiger partial charge is 0.461 e. The van der Waals surface area contributed by atoms with Gasteiger partial charge in [0.05, 0.1) is 18.5 Å². The van der Waals surface area contributed by atoms with Crippen molar-refractivity contribution in [1.29, 1.82) is 0 Å². The van der Waals surface area contributed by atoms with Crippen molar-refractivity contribution in [3.63, 3.8) is 0 Å². The lowest BCUT2D eigenvalue weighted by Crippen LogP contribution is -2.69. The Labute approximate surface area is 183 Å². The van der Waals surface area contributed by atoms with Crippen molar-refractivity contribution in [2.24, 2.45) is 5.16 Å². The molecule has 1 saturated heterocycles. The molecule has 18 heteroatoms. The Hall–Kier alpha value is -3.64. The van der Waals surface area contributed by atoms with Crippen molar-refractivity contribution >= 4 is 50.8 Å². The van der Waals surface area contributed by atoms with Crippen molar-refractivity contribution in [2.45, 2.75) is 25.7 Å². The van der Waals surface area contributed by atoms with Crippen LogP contribution in [-0.2, 0) is 36.1 Å². The fourth-order valence-corrected chi connectivity index (χ4v) is 4.01. The lowest BCUT2D eigenvalue weighted by Gasteiger charge is -2.43. The topological polar surface area (TPSA) is 221 Å². The minimum absolute atomic E-state index is 0.000252. The second-order valence-corrected chi connectivity index (χ2v) is 8.16. The number of anilines is 1. The molecule has 32 heavy (non-hydrogen) atoms. The number of β-lactam (4-membered cyclic amide) rings is 1. The zero-order chi connectivity index (χ0) is 23.5. The van der Waals surface area contributed by atoms with Crippen LogP contribution < -0.4 is 11.1 Å². The third kappa shape index (κ3) is 4.81. The number of nitrogens with zero attached hydrogens (tertiary/aromatic N) is 6. The van der Waals surface area contributed by atoms with Gasteiger partial charge in [0.15, 0.2) is 29.6 Å². The van der Waals surface area contributed by atoms with Crippen LogP contribution in [0.2, 0.25) is 0 Å². The molecule has 0 saturated carbocycles. The van der Waals surface area contributed by atoms with Gasteiger partial charge in [-0.3, -0.25) is 14.1 Å². The Bertz CT molecular complexity index is 1160. The Balaban J connectivity index is 1.72. The maximum absolute atomic E-state index is 12.3. The molecular weight excluding hydrogens is 472 g/mol. The number of amides is 2. The highest BCUT2D eigenvalue weighted by molar-refractivity contribution is 7.84. The van der Waals surface area contributed by atoms with E-state index in [0.29, 0.717) is 17.0 Å². The van der Waals surface area contributed by atoms with E-state index in [1.165, 1.54) is 18.3 Å². The minimum atomic E-state index is -5.05. The van der Waals surface area contributed by atoms with E-state index in [-0.39, 0.29) is 23.2 Å². The fourth-order valence-electron chi connectivity index (χ4n) is 2.63. The molecule has 172 valence electrons. The van der Waals surface area contributed by atoms with E-state index in [2.05, 4.69) is 25.8 Å². The monoisotopic (exact) mass is 488 g/mol. The number of rotatable bonds is 9. The molecule has 16 nitrogen and oxygen atoms in total. The molecule has 1 aliphatic rings. The smallest absolute Gasteiger partial charge is 0.364 e. The van der Waals surface area contributed by atoms with Crippen molar-refractivity contribution in [3.05, 3.63) is 23.0 Å². The van der Waals surface area contributed by atoms with Gasteiger partial charge in [-0.2, -0.15) is 12.7 Å². The number of ether oxygens (including phenoxy) is 1. The van der Waals surface area contributed by atoms with Gasteiger partial charge in [-0.15, -0.1) is 16.4 Å². The van der Waals surface area contributed by atoms with Crippen LogP contribution in [0.4, 0.5) is 5.13 Å². The Morgan fingerprint density at radius 3 is 2.84 bits per heavy atom. The molecule has 4 N–H and O–H groups in total. The van der Waals surface area contributed by atoms with Gasteiger partial charge in [0, 0.05) is 5.38 Å². The maximum Gasteiger partial charge on any atom is 0.364 e.